The van der Waals surface area contributed by atoms with Crippen LogP contribution in [0.15, 0.2) is 42.7 Å². The summed E-state index contributed by atoms with van der Waals surface area (Å²) in [6.45, 7) is 3.75. The van der Waals surface area contributed by atoms with Gasteiger partial charge in [0.05, 0.1) is 33.5 Å². The van der Waals surface area contributed by atoms with E-state index in [4.69, 9.17) is 9.84 Å². The Hall–Kier alpha value is -3.40. The van der Waals surface area contributed by atoms with Crippen molar-refractivity contribution >= 4 is 28.3 Å². The lowest BCUT2D eigenvalue weighted by molar-refractivity contribution is -0.138. The van der Waals surface area contributed by atoms with E-state index in [-0.39, 0.29) is 13.2 Å². The van der Waals surface area contributed by atoms with Crippen molar-refractivity contribution in [3.8, 4) is 16.3 Å². The molecule has 166 valence electrons. The number of thiazole rings is 1. The zero-order valence-corrected chi connectivity index (χ0v) is 17.9. The number of carboxylic acid groups (broad SMARTS) is 1. The van der Waals surface area contributed by atoms with Crippen molar-refractivity contribution in [1.29, 1.82) is 0 Å². The molecular formula is C22H18F3N3O3S. The number of rotatable bonds is 6. The Morgan fingerprint density at radius 2 is 1.91 bits per heavy atom. The van der Waals surface area contributed by atoms with Gasteiger partial charge in [-0.1, -0.05) is 12.1 Å². The van der Waals surface area contributed by atoms with Crippen molar-refractivity contribution < 1.29 is 27.8 Å². The van der Waals surface area contributed by atoms with Crippen molar-refractivity contribution in [3.05, 3.63) is 64.4 Å². The highest BCUT2D eigenvalue weighted by atomic mass is 32.1. The molecule has 1 N–H and O–H groups in total. The zero-order valence-electron chi connectivity index (χ0n) is 17.1. The van der Waals surface area contributed by atoms with E-state index in [1.165, 1.54) is 29.8 Å². The Morgan fingerprint density at radius 3 is 2.56 bits per heavy atom. The van der Waals surface area contributed by atoms with E-state index in [0.29, 0.717) is 27.4 Å². The maximum atomic E-state index is 12.8. The van der Waals surface area contributed by atoms with Gasteiger partial charge in [0, 0.05) is 11.6 Å². The van der Waals surface area contributed by atoms with Gasteiger partial charge in [-0.3, -0.25) is 4.79 Å². The number of carboxylic acids is 1. The lowest BCUT2D eigenvalue weighted by Crippen LogP contribution is -2.07. The number of ether oxygens (including phenoxy) is 1. The molecule has 0 saturated heterocycles. The summed E-state index contributed by atoms with van der Waals surface area (Å²) >= 11 is 1.36. The topological polar surface area (TPSA) is 77.2 Å². The summed E-state index contributed by atoms with van der Waals surface area (Å²) in [7, 11) is 0. The fourth-order valence-electron chi connectivity index (χ4n) is 3.25. The minimum Gasteiger partial charge on any atom is -0.488 e. The van der Waals surface area contributed by atoms with Crippen molar-refractivity contribution in [2.75, 3.05) is 0 Å². The summed E-state index contributed by atoms with van der Waals surface area (Å²) in [6, 6.07) is 8.51. The quantitative estimate of drug-likeness (QED) is 0.413. The summed E-state index contributed by atoms with van der Waals surface area (Å²) in [6.07, 6.45) is -2.90. The van der Waals surface area contributed by atoms with Gasteiger partial charge < -0.3 is 14.4 Å². The van der Waals surface area contributed by atoms with Crippen molar-refractivity contribution in [1.82, 2.24) is 14.5 Å². The summed E-state index contributed by atoms with van der Waals surface area (Å²) in [5.41, 5.74) is 2.81. The van der Waals surface area contributed by atoms with Crippen molar-refractivity contribution in [2.24, 2.45) is 0 Å². The van der Waals surface area contributed by atoms with Crippen LogP contribution in [-0.4, -0.2) is 25.6 Å². The molecule has 0 radical (unpaired) electrons. The molecule has 0 fully saturated rings. The third kappa shape index (κ3) is 4.45. The highest BCUT2D eigenvalue weighted by Crippen LogP contribution is 2.34. The number of hydrogen-bond donors (Lipinski definition) is 1. The van der Waals surface area contributed by atoms with Crippen molar-refractivity contribution in [2.45, 2.75) is 33.2 Å². The maximum absolute atomic E-state index is 12.8. The van der Waals surface area contributed by atoms with Gasteiger partial charge in [0.15, 0.2) is 0 Å². The lowest BCUT2D eigenvalue weighted by atomic mass is 10.1. The number of benzene rings is 2. The minimum absolute atomic E-state index is 0.178. The number of aliphatic carboxylic acids is 1. The van der Waals surface area contributed by atoms with Gasteiger partial charge in [-0.25, -0.2) is 9.97 Å². The van der Waals surface area contributed by atoms with E-state index in [1.807, 2.05) is 19.9 Å². The summed E-state index contributed by atoms with van der Waals surface area (Å²) < 4.78 is 45.9. The van der Waals surface area contributed by atoms with Gasteiger partial charge in [0.1, 0.15) is 23.9 Å². The first-order chi connectivity index (χ1) is 15.1. The standard InChI is InChI=1S/C22H18F3N3O3S/c1-12-7-17-16(26-11-28(17)9-20(29)30)8-18(12)31-10-19-13(2)27-21(32-19)14-3-5-15(6-4-14)22(23,24)25/h3-8,11H,9-10H2,1-2H3,(H,29,30). The second-order valence-corrected chi connectivity index (χ2v) is 8.35. The van der Waals surface area contributed by atoms with Crippen LogP contribution in [0.3, 0.4) is 0 Å². The predicted octanol–water partition coefficient (Wildman–Crippen LogP) is 5.46. The number of carbonyl (C=O) groups is 1. The predicted molar refractivity (Wildman–Crippen MR) is 114 cm³/mol. The smallest absolute Gasteiger partial charge is 0.416 e. The number of halogens is 3. The Bertz CT molecular complexity index is 1290. The van der Waals surface area contributed by atoms with Crippen LogP contribution in [0.25, 0.3) is 21.6 Å². The van der Waals surface area contributed by atoms with E-state index in [1.54, 1.807) is 10.6 Å². The van der Waals surface area contributed by atoms with Crippen LogP contribution >= 0.6 is 11.3 Å². The molecule has 4 aromatic rings. The molecule has 32 heavy (non-hydrogen) atoms. The van der Waals surface area contributed by atoms with Crippen molar-refractivity contribution in [3.63, 3.8) is 0 Å². The summed E-state index contributed by atoms with van der Waals surface area (Å²) in [5.74, 6) is -0.339. The molecule has 0 aliphatic rings. The molecule has 0 bridgehead atoms. The lowest BCUT2D eigenvalue weighted by Gasteiger charge is -2.09. The number of aromatic nitrogens is 3. The van der Waals surface area contributed by atoms with Crippen LogP contribution in [0.1, 0.15) is 21.7 Å². The number of alkyl halides is 3. The second-order valence-electron chi connectivity index (χ2n) is 7.26. The molecule has 10 heteroatoms. The number of imidazole rings is 1. The molecule has 0 unspecified atom stereocenters. The van der Waals surface area contributed by atoms with Crippen LogP contribution in [-0.2, 0) is 24.1 Å². The number of hydrogen-bond acceptors (Lipinski definition) is 5. The van der Waals surface area contributed by atoms with Gasteiger partial charge in [-0.2, -0.15) is 13.2 Å². The van der Waals surface area contributed by atoms with Gasteiger partial charge in [-0.05, 0) is 37.6 Å². The van der Waals surface area contributed by atoms with E-state index >= 15 is 0 Å². The Morgan fingerprint density at radius 1 is 1.19 bits per heavy atom. The largest absolute Gasteiger partial charge is 0.488 e. The zero-order chi connectivity index (χ0) is 23.0. The SMILES string of the molecule is Cc1cc2c(cc1OCc1sc(-c3ccc(C(F)(F)F)cc3)nc1C)ncn2CC(=O)O. The third-order valence-corrected chi connectivity index (χ3v) is 6.11. The molecule has 0 aliphatic carbocycles. The van der Waals surface area contributed by atoms with E-state index in [2.05, 4.69) is 9.97 Å². The fraction of sp³-hybridized carbons (Fsp3) is 0.227. The molecule has 2 aromatic heterocycles. The Labute approximate surface area is 184 Å². The number of fused-ring (bicyclic) bond motifs is 1. The maximum Gasteiger partial charge on any atom is 0.416 e. The average molecular weight is 461 g/mol. The van der Waals surface area contributed by atoms with Crippen LogP contribution in [0.5, 0.6) is 5.75 Å². The first kappa shape index (κ1) is 21.8. The highest BCUT2D eigenvalue weighted by Gasteiger charge is 2.30. The molecule has 0 saturated carbocycles. The third-order valence-electron chi connectivity index (χ3n) is 4.93. The second kappa shape index (κ2) is 8.27. The first-order valence-corrected chi connectivity index (χ1v) is 10.4. The molecule has 2 aromatic carbocycles. The van der Waals surface area contributed by atoms with Gasteiger partial charge in [-0.15, -0.1) is 11.3 Å². The van der Waals surface area contributed by atoms with Crippen LogP contribution < -0.4 is 4.74 Å². The molecule has 6 nitrogen and oxygen atoms in total. The molecule has 0 aliphatic heterocycles. The van der Waals surface area contributed by atoms with Gasteiger partial charge in [0.2, 0.25) is 0 Å². The summed E-state index contributed by atoms with van der Waals surface area (Å²) in [4.78, 5) is 20.6. The highest BCUT2D eigenvalue weighted by molar-refractivity contribution is 7.15. The summed E-state index contributed by atoms with van der Waals surface area (Å²) in [5, 5.41) is 9.63. The Balaban J connectivity index is 1.52. The fourth-order valence-corrected chi connectivity index (χ4v) is 4.23. The van der Waals surface area contributed by atoms with E-state index in [9.17, 15) is 18.0 Å². The first-order valence-electron chi connectivity index (χ1n) is 9.56. The normalized spacial score (nSPS) is 11.8. The molecular weight excluding hydrogens is 443 g/mol. The Kier molecular flexibility index (Phi) is 5.64. The molecule has 0 amide bonds. The monoisotopic (exact) mass is 461 g/mol. The van der Waals surface area contributed by atoms with Crippen LogP contribution in [0, 0.1) is 13.8 Å². The van der Waals surface area contributed by atoms with E-state index in [0.717, 1.165) is 28.3 Å². The van der Waals surface area contributed by atoms with E-state index < -0.39 is 17.7 Å². The van der Waals surface area contributed by atoms with Gasteiger partial charge >= 0.3 is 12.1 Å². The molecule has 2 heterocycles. The number of nitrogens with zero attached hydrogens (tertiary/aromatic N) is 3. The molecule has 0 atom stereocenters. The van der Waals surface area contributed by atoms with Gasteiger partial charge in [0.25, 0.3) is 0 Å². The minimum atomic E-state index is -4.38. The van der Waals surface area contributed by atoms with Crippen LogP contribution in [0.2, 0.25) is 0 Å². The van der Waals surface area contributed by atoms with Crippen LogP contribution in [0.4, 0.5) is 13.2 Å². The molecule has 4 rings (SSSR count). The molecule has 0 spiro atoms. The number of aryl methyl sites for hydroxylation is 2. The average Bonchev–Trinajstić information content (AvgIpc) is 3.28.